The number of carboxylic acid groups (broad SMARTS) is 1. The lowest BCUT2D eigenvalue weighted by Gasteiger charge is -2.25. The molecule has 5 nitrogen and oxygen atoms in total. The van der Waals surface area contributed by atoms with Crippen molar-refractivity contribution in [3.8, 4) is 0 Å². The first kappa shape index (κ1) is 15.3. The van der Waals surface area contributed by atoms with Crippen molar-refractivity contribution in [3.05, 3.63) is 10.6 Å². The Hall–Kier alpha value is -1.14. The lowest BCUT2D eigenvalue weighted by molar-refractivity contribution is -0.138. The van der Waals surface area contributed by atoms with Crippen molar-refractivity contribution in [1.29, 1.82) is 0 Å². The molecular formula is C14H23N3O2S. The van der Waals surface area contributed by atoms with Gasteiger partial charge in [-0.1, -0.05) is 13.8 Å². The van der Waals surface area contributed by atoms with Crippen LogP contribution in [0.15, 0.2) is 0 Å². The van der Waals surface area contributed by atoms with Crippen LogP contribution in [-0.4, -0.2) is 47.6 Å². The molecule has 1 heterocycles. The molecule has 112 valence electrons. The molecule has 20 heavy (non-hydrogen) atoms. The molecule has 6 heteroatoms. The second-order valence-corrected chi connectivity index (χ2v) is 7.10. The number of nitrogens with zero attached hydrogens (tertiary/aromatic N) is 2. The van der Waals surface area contributed by atoms with Crippen LogP contribution in [0.2, 0.25) is 0 Å². The van der Waals surface area contributed by atoms with E-state index in [0.717, 1.165) is 28.7 Å². The van der Waals surface area contributed by atoms with E-state index in [1.54, 1.807) is 11.3 Å². The van der Waals surface area contributed by atoms with Crippen LogP contribution in [0.25, 0.3) is 0 Å². The fraction of sp³-hybridized carbons (Fsp3) is 0.714. The Balaban J connectivity index is 2.11. The van der Waals surface area contributed by atoms with Crippen LogP contribution in [-0.2, 0) is 11.2 Å². The van der Waals surface area contributed by atoms with Gasteiger partial charge in [0, 0.05) is 17.5 Å². The Labute approximate surface area is 124 Å². The molecule has 0 bridgehead atoms. The summed E-state index contributed by atoms with van der Waals surface area (Å²) >= 11 is 1.61. The standard InChI is InChI=1S/C14H23N3O2S/c1-8(2)10(7-17(3)4)15-14-16-12-9(13(18)19)5-6-11(12)20-14/h8-10H,5-7H2,1-4H3,(H,15,16)(H,18,19). The highest BCUT2D eigenvalue weighted by atomic mass is 32.1. The number of aryl methyl sites for hydroxylation is 1. The molecule has 2 rings (SSSR count). The highest BCUT2D eigenvalue weighted by Crippen LogP contribution is 2.38. The molecule has 0 aliphatic heterocycles. The quantitative estimate of drug-likeness (QED) is 0.843. The molecule has 0 saturated carbocycles. The predicted molar refractivity (Wildman–Crippen MR) is 81.6 cm³/mol. The van der Waals surface area contributed by atoms with Crippen LogP contribution >= 0.6 is 11.3 Å². The normalized spacial score (nSPS) is 19.4. The summed E-state index contributed by atoms with van der Waals surface area (Å²) in [5.41, 5.74) is 0.775. The number of carboxylic acids is 1. The van der Waals surface area contributed by atoms with Crippen molar-refractivity contribution in [2.75, 3.05) is 26.0 Å². The lowest BCUT2D eigenvalue weighted by atomic mass is 10.0. The van der Waals surface area contributed by atoms with Crippen molar-refractivity contribution in [1.82, 2.24) is 9.88 Å². The zero-order valence-corrected chi connectivity index (χ0v) is 13.3. The van der Waals surface area contributed by atoms with Gasteiger partial charge in [0.15, 0.2) is 5.13 Å². The number of likely N-dealkylation sites (N-methyl/N-ethyl adjacent to an activating group) is 1. The third-order valence-electron chi connectivity index (χ3n) is 3.69. The Morgan fingerprint density at radius 3 is 2.80 bits per heavy atom. The van der Waals surface area contributed by atoms with Crippen LogP contribution in [0.5, 0.6) is 0 Å². The molecule has 2 atom stereocenters. The predicted octanol–water partition coefficient (Wildman–Crippen LogP) is 2.26. The van der Waals surface area contributed by atoms with Gasteiger partial charge in [-0.3, -0.25) is 4.79 Å². The van der Waals surface area contributed by atoms with Gasteiger partial charge in [0.1, 0.15) is 5.92 Å². The Bertz CT molecular complexity index is 485. The number of carbonyl (C=O) groups is 1. The van der Waals surface area contributed by atoms with Gasteiger partial charge in [-0.15, -0.1) is 11.3 Å². The zero-order chi connectivity index (χ0) is 14.9. The van der Waals surface area contributed by atoms with Crippen LogP contribution in [0, 0.1) is 5.92 Å². The largest absolute Gasteiger partial charge is 0.481 e. The van der Waals surface area contributed by atoms with E-state index >= 15 is 0 Å². The zero-order valence-electron chi connectivity index (χ0n) is 12.5. The Kier molecular flexibility index (Phi) is 4.65. The first-order valence-electron chi connectivity index (χ1n) is 7.02. The van der Waals surface area contributed by atoms with Crippen molar-refractivity contribution < 1.29 is 9.90 Å². The summed E-state index contributed by atoms with van der Waals surface area (Å²) in [5, 5.41) is 13.5. The van der Waals surface area contributed by atoms with E-state index in [4.69, 9.17) is 0 Å². The Morgan fingerprint density at radius 1 is 1.55 bits per heavy atom. The molecule has 1 aliphatic rings. The number of fused-ring (bicyclic) bond motifs is 1. The van der Waals surface area contributed by atoms with Gasteiger partial charge in [-0.05, 0) is 32.9 Å². The van der Waals surface area contributed by atoms with Gasteiger partial charge >= 0.3 is 5.97 Å². The molecule has 0 spiro atoms. The van der Waals surface area contributed by atoms with Crippen LogP contribution in [0.1, 0.15) is 36.8 Å². The number of hydrogen-bond acceptors (Lipinski definition) is 5. The lowest BCUT2D eigenvalue weighted by Crippen LogP contribution is -2.36. The van der Waals surface area contributed by atoms with E-state index in [2.05, 4.69) is 43.1 Å². The van der Waals surface area contributed by atoms with Gasteiger partial charge in [0.25, 0.3) is 0 Å². The van der Waals surface area contributed by atoms with Gasteiger partial charge in [0.05, 0.1) is 5.69 Å². The topological polar surface area (TPSA) is 65.5 Å². The molecular weight excluding hydrogens is 274 g/mol. The summed E-state index contributed by atoms with van der Waals surface area (Å²) in [5.74, 6) is -0.677. The first-order valence-corrected chi connectivity index (χ1v) is 7.83. The minimum Gasteiger partial charge on any atom is -0.481 e. The van der Waals surface area contributed by atoms with Crippen LogP contribution in [0.3, 0.4) is 0 Å². The second kappa shape index (κ2) is 6.10. The summed E-state index contributed by atoms with van der Waals surface area (Å²) in [4.78, 5) is 19.0. The minimum absolute atomic E-state index is 0.319. The number of nitrogens with one attached hydrogen (secondary N) is 1. The van der Waals surface area contributed by atoms with Crippen LogP contribution < -0.4 is 5.32 Å². The van der Waals surface area contributed by atoms with Crippen molar-refractivity contribution in [3.63, 3.8) is 0 Å². The van der Waals surface area contributed by atoms with E-state index in [1.165, 1.54) is 0 Å². The average Bonchev–Trinajstić information content (AvgIpc) is 2.85. The van der Waals surface area contributed by atoms with E-state index < -0.39 is 11.9 Å². The minimum atomic E-state index is -0.755. The number of hydrogen-bond donors (Lipinski definition) is 2. The molecule has 1 aromatic rings. The summed E-state index contributed by atoms with van der Waals surface area (Å²) in [6, 6.07) is 0.319. The molecule has 0 saturated heterocycles. The molecule has 2 N–H and O–H groups in total. The monoisotopic (exact) mass is 297 g/mol. The van der Waals surface area contributed by atoms with Gasteiger partial charge in [-0.2, -0.15) is 0 Å². The molecule has 2 unspecified atom stereocenters. The first-order chi connectivity index (χ1) is 9.38. The number of aromatic nitrogens is 1. The highest BCUT2D eigenvalue weighted by Gasteiger charge is 2.32. The van der Waals surface area contributed by atoms with Crippen molar-refractivity contribution in [2.24, 2.45) is 5.92 Å². The van der Waals surface area contributed by atoms with Crippen molar-refractivity contribution in [2.45, 2.75) is 38.6 Å². The van der Waals surface area contributed by atoms with E-state index in [-0.39, 0.29) is 0 Å². The molecule has 0 radical (unpaired) electrons. The fourth-order valence-electron chi connectivity index (χ4n) is 2.50. The third kappa shape index (κ3) is 3.30. The number of aliphatic carboxylic acids is 1. The molecule has 1 aromatic heterocycles. The molecule has 0 fully saturated rings. The fourth-order valence-corrected chi connectivity index (χ4v) is 3.60. The summed E-state index contributed by atoms with van der Waals surface area (Å²) in [6.07, 6.45) is 1.53. The van der Waals surface area contributed by atoms with Gasteiger partial charge < -0.3 is 15.3 Å². The number of thiazole rings is 1. The van der Waals surface area contributed by atoms with Crippen molar-refractivity contribution >= 4 is 22.4 Å². The third-order valence-corrected chi connectivity index (χ3v) is 4.75. The number of rotatable bonds is 6. The van der Waals surface area contributed by atoms with Gasteiger partial charge in [-0.25, -0.2) is 4.98 Å². The van der Waals surface area contributed by atoms with Gasteiger partial charge in [0.2, 0.25) is 0 Å². The smallest absolute Gasteiger partial charge is 0.312 e. The average molecular weight is 297 g/mol. The highest BCUT2D eigenvalue weighted by molar-refractivity contribution is 7.15. The van der Waals surface area contributed by atoms with E-state index in [9.17, 15) is 9.90 Å². The maximum absolute atomic E-state index is 11.2. The summed E-state index contributed by atoms with van der Waals surface area (Å²) in [6.45, 7) is 5.30. The Morgan fingerprint density at radius 2 is 2.25 bits per heavy atom. The maximum Gasteiger partial charge on any atom is 0.312 e. The van der Waals surface area contributed by atoms with E-state index in [1.807, 2.05) is 0 Å². The molecule has 0 aromatic carbocycles. The summed E-state index contributed by atoms with van der Waals surface area (Å²) < 4.78 is 0. The second-order valence-electron chi connectivity index (χ2n) is 6.01. The number of anilines is 1. The van der Waals surface area contributed by atoms with E-state index in [0.29, 0.717) is 18.4 Å². The maximum atomic E-state index is 11.2. The van der Waals surface area contributed by atoms with Crippen LogP contribution in [0.4, 0.5) is 5.13 Å². The molecule has 1 aliphatic carbocycles. The molecule has 0 amide bonds. The SMILES string of the molecule is CC(C)C(CN(C)C)Nc1nc2c(s1)CCC2C(=O)O. The summed E-state index contributed by atoms with van der Waals surface area (Å²) in [7, 11) is 4.11.